The summed E-state index contributed by atoms with van der Waals surface area (Å²) < 4.78 is 11.4. The van der Waals surface area contributed by atoms with Gasteiger partial charge in [0.1, 0.15) is 11.7 Å². The van der Waals surface area contributed by atoms with E-state index in [1.165, 1.54) is 0 Å². The number of carbonyl (C=O) groups is 2. The van der Waals surface area contributed by atoms with Gasteiger partial charge in [-0.15, -0.1) is 0 Å². The van der Waals surface area contributed by atoms with Crippen LogP contribution in [0, 0.1) is 5.41 Å². The number of hydrogen-bond acceptors (Lipinski definition) is 5. The molecule has 8 heteroatoms. The molecule has 25 heavy (non-hydrogen) atoms. The Hall–Kier alpha value is -2.35. The monoisotopic (exact) mass is 347 g/mol. The number of hydrogen-bond donors (Lipinski definition) is 3. The lowest BCUT2D eigenvalue weighted by Gasteiger charge is -2.56. The zero-order chi connectivity index (χ0) is 17.6. The van der Waals surface area contributed by atoms with E-state index in [-0.39, 0.29) is 17.6 Å². The summed E-state index contributed by atoms with van der Waals surface area (Å²) in [6.07, 6.45) is 3.11. The van der Waals surface area contributed by atoms with E-state index in [0.717, 1.165) is 36.9 Å². The Morgan fingerprint density at radius 1 is 1.36 bits per heavy atom. The minimum atomic E-state index is -0.972. The lowest BCUT2D eigenvalue weighted by atomic mass is 9.53. The maximum absolute atomic E-state index is 11.7. The average molecular weight is 347 g/mol. The molecule has 0 atom stereocenters. The van der Waals surface area contributed by atoms with Gasteiger partial charge < -0.3 is 25.6 Å². The number of nitrogens with two attached hydrogens (primary N) is 1. The highest BCUT2D eigenvalue weighted by atomic mass is 16.5. The van der Waals surface area contributed by atoms with Crippen LogP contribution < -0.4 is 15.8 Å². The fourth-order valence-corrected chi connectivity index (χ4v) is 4.28. The van der Waals surface area contributed by atoms with Gasteiger partial charge in [0.25, 0.3) is 5.91 Å². The van der Waals surface area contributed by atoms with Crippen molar-refractivity contribution in [2.24, 2.45) is 11.1 Å². The molecule has 0 unspecified atom stereocenters. The van der Waals surface area contributed by atoms with Gasteiger partial charge in [-0.1, -0.05) is 0 Å². The lowest BCUT2D eigenvalue weighted by molar-refractivity contribution is -0.0852. The fraction of sp³-hybridized carbons (Fsp3) is 0.588. The molecular formula is C17H21N3O5. The maximum atomic E-state index is 11.7. The summed E-state index contributed by atoms with van der Waals surface area (Å²) in [6.45, 7) is 1.05. The lowest BCUT2D eigenvalue weighted by Crippen LogP contribution is -2.58. The van der Waals surface area contributed by atoms with Gasteiger partial charge in [-0.25, -0.2) is 9.78 Å². The maximum Gasteiger partial charge on any atom is 0.404 e. The number of fused-ring (bicyclic) bond motifs is 1. The number of carboxylic acid groups (broad SMARTS) is 1. The summed E-state index contributed by atoms with van der Waals surface area (Å²) in [5, 5.41) is 11.3. The number of carbonyl (C=O) groups excluding carboxylic acids is 1. The van der Waals surface area contributed by atoms with Gasteiger partial charge in [-0.2, -0.15) is 0 Å². The Kier molecular flexibility index (Phi) is 3.79. The molecule has 1 spiro atoms. The molecule has 4 rings (SSSR count). The van der Waals surface area contributed by atoms with Crippen molar-refractivity contribution in [1.29, 1.82) is 0 Å². The van der Waals surface area contributed by atoms with Gasteiger partial charge in [0.05, 0.1) is 18.9 Å². The fourth-order valence-electron chi connectivity index (χ4n) is 4.28. The third-order valence-electron chi connectivity index (χ3n) is 5.45. The van der Waals surface area contributed by atoms with Crippen LogP contribution in [0.5, 0.6) is 5.88 Å². The Morgan fingerprint density at radius 2 is 2.12 bits per heavy atom. The molecule has 0 aromatic carbocycles. The van der Waals surface area contributed by atoms with E-state index < -0.39 is 12.0 Å². The summed E-state index contributed by atoms with van der Waals surface area (Å²) in [4.78, 5) is 26.9. The van der Waals surface area contributed by atoms with E-state index in [2.05, 4.69) is 10.3 Å². The van der Waals surface area contributed by atoms with E-state index in [4.69, 9.17) is 20.3 Å². The van der Waals surface area contributed by atoms with Crippen molar-refractivity contribution < 1.29 is 24.2 Å². The smallest absolute Gasteiger partial charge is 0.404 e. The Bertz CT molecular complexity index is 721. The molecule has 2 amide bonds. The summed E-state index contributed by atoms with van der Waals surface area (Å²) in [5.41, 5.74) is 7.73. The second-order valence-corrected chi connectivity index (χ2v) is 7.32. The van der Waals surface area contributed by atoms with Gasteiger partial charge in [-0.05, 0) is 37.2 Å². The van der Waals surface area contributed by atoms with E-state index in [9.17, 15) is 9.59 Å². The number of primary amides is 1. The topological polar surface area (TPSA) is 124 Å². The van der Waals surface area contributed by atoms with Gasteiger partial charge in [0.2, 0.25) is 5.88 Å². The predicted octanol–water partition coefficient (Wildman–Crippen LogP) is 1.21. The van der Waals surface area contributed by atoms with E-state index >= 15 is 0 Å². The summed E-state index contributed by atoms with van der Waals surface area (Å²) in [6, 6.07) is 1.77. The first-order valence-electron chi connectivity index (χ1n) is 8.51. The molecule has 0 bridgehead atoms. The largest absolute Gasteiger partial charge is 0.474 e. The molecule has 0 saturated heterocycles. The van der Waals surface area contributed by atoms with Crippen molar-refractivity contribution in [3.8, 4) is 5.88 Å². The molecule has 2 saturated carbocycles. The van der Waals surface area contributed by atoms with E-state index in [1.807, 2.05) is 0 Å². The molecule has 2 fully saturated rings. The zero-order valence-electron chi connectivity index (χ0n) is 13.8. The number of amides is 2. The van der Waals surface area contributed by atoms with Gasteiger partial charge in [0.15, 0.2) is 0 Å². The molecule has 8 nitrogen and oxygen atoms in total. The minimum Gasteiger partial charge on any atom is -0.474 e. The van der Waals surface area contributed by atoms with Crippen molar-refractivity contribution in [2.75, 3.05) is 6.61 Å². The van der Waals surface area contributed by atoms with Gasteiger partial charge in [0, 0.05) is 18.0 Å². The number of pyridine rings is 1. The molecular weight excluding hydrogens is 326 g/mol. The first-order chi connectivity index (χ1) is 11.9. The molecule has 3 aliphatic rings. The molecule has 4 N–H and O–H groups in total. The third kappa shape index (κ3) is 3.02. The van der Waals surface area contributed by atoms with E-state index in [1.54, 1.807) is 6.07 Å². The minimum absolute atomic E-state index is 0.00531. The molecule has 134 valence electrons. The highest BCUT2D eigenvalue weighted by Gasteiger charge is 2.54. The van der Waals surface area contributed by atoms with Crippen LogP contribution in [0.1, 0.15) is 47.3 Å². The third-order valence-corrected chi connectivity index (χ3v) is 5.45. The Balaban J connectivity index is 1.41. The van der Waals surface area contributed by atoms with Crippen molar-refractivity contribution >= 4 is 12.0 Å². The molecule has 1 aliphatic heterocycles. The Labute approximate surface area is 144 Å². The zero-order valence-corrected chi connectivity index (χ0v) is 13.8. The summed E-state index contributed by atoms with van der Waals surface area (Å²) in [7, 11) is 0. The van der Waals surface area contributed by atoms with Crippen molar-refractivity contribution in [3.63, 3.8) is 0 Å². The standard InChI is InChI=1S/C17H21N3O5/c18-14(21)12-3-9-8-24-2-1-13(9)20-15(12)25-11-6-17(7-11)4-10(5-17)19-16(22)23/h3,10-11,19H,1-2,4-8H2,(H2,18,21)(H,22,23). The molecule has 2 aliphatic carbocycles. The molecule has 1 aromatic rings. The van der Waals surface area contributed by atoms with Crippen molar-refractivity contribution in [3.05, 3.63) is 22.9 Å². The van der Waals surface area contributed by atoms with Crippen LogP contribution in [0.15, 0.2) is 6.07 Å². The highest BCUT2D eigenvalue weighted by Crippen LogP contribution is 2.56. The molecule has 1 aromatic heterocycles. The van der Waals surface area contributed by atoms with Crippen LogP contribution in [0.25, 0.3) is 0 Å². The number of nitrogens with zero attached hydrogens (tertiary/aromatic N) is 1. The first-order valence-corrected chi connectivity index (χ1v) is 8.51. The quantitative estimate of drug-likeness (QED) is 0.752. The number of nitrogens with one attached hydrogen (secondary N) is 1. The SMILES string of the molecule is NC(=O)c1cc2c(nc1OC1CC3(CC(NC(=O)O)C3)C1)CCOC2. The van der Waals surface area contributed by atoms with Gasteiger partial charge >= 0.3 is 6.09 Å². The summed E-state index contributed by atoms with van der Waals surface area (Å²) >= 11 is 0. The highest BCUT2D eigenvalue weighted by molar-refractivity contribution is 5.95. The number of rotatable bonds is 4. The van der Waals surface area contributed by atoms with Crippen LogP contribution in [-0.4, -0.2) is 40.8 Å². The number of aromatic nitrogens is 1. The van der Waals surface area contributed by atoms with E-state index in [0.29, 0.717) is 31.1 Å². The van der Waals surface area contributed by atoms with Crippen molar-refractivity contribution in [2.45, 2.75) is 50.9 Å². The van der Waals surface area contributed by atoms with Gasteiger partial charge in [-0.3, -0.25) is 4.79 Å². The van der Waals surface area contributed by atoms with Crippen molar-refractivity contribution in [1.82, 2.24) is 10.3 Å². The first kappa shape index (κ1) is 16.1. The molecule has 0 radical (unpaired) electrons. The predicted molar refractivity (Wildman–Crippen MR) is 86.4 cm³/mol. The van der Waals surface area contributed by atoms with Crippen LogP contribution in [0.4, 0.5) is 4.79 Å². The van der Waals surface area contributed by atoms with Crippen LogP contribution in [0.3, 0.4) is 0 Å². The van der Waals surface area contributed by atoms with Crippen LogP contribution in [0.2, 0.25) is 0 Å². The van der Waals surface area contributed by atoms with Crippen LogP contribution in [-0.2, 0) is 17.8 Å². The average Bonchev–Trinajstić information content (AvgIpc) is 2.49. The molecule has 2 heterocycles. The summed E-state index contributed by atoms with van der Waals surface area (Å²) in [5.74, 6) is -0.244. The number of ether oxygens (including phenoxy) is 2. The Morgan fingerprint density at radius 3 is 2.80 bits per heavy atom. The van der Waals surface area contributed by atoms with Crippen LogP contribution >= 0.6 is 0 Å². The normalized spacial score (nSPS) is 29.9. The second-order valence-electron chi connectivity index (χ2n) is 7.32. The second kappa shape index (κ2) is 5.87.